The van der Waals surface area contributed by atoms with Crippen molar-refractivity contribution in [2.75, 3.05) is 6.61 Å². The van der Waals surface area contributed by atoms with E-state index >= 15 is 0 Å². The van der Waals surface area contributed by atoms with Crippen LogP contribution in [0, 0.1) is 10.1 Å². The summed E-state index contributed by atoms with van der Waals surface area (Å²) in [7, 11) is 0. The van der Waals surface area contributed by atoms with Crippen molar-refractivity contribution in [2.24, 2.45) is 0 Å². The van der Waals surface area contributed by atoms with E-state index in [1.807, 2.05) is 0 Å². The van der Waals surface area contributed by atoms with Gasteiger partial charge in [-0.1, -0.05) is 6.07 Å². The van der Waals surface area contributed by atoms with E-state index in [1.54, 1.807) is 0 Å². The van der Waals surface area contributed by atoms with Gasteiger partial charge in [0.1, 0.15) is 6.61 Å². The molecule has 1 heterocycles. The van der Waals surface area contributed by atoms with Crippen LogP contribution in [0.15, 0.2) is 18.2 Å². The van der Waals surface area contributed by atoms with Crippen molar-refractivity contribution < 1.29 is 19.6 Å². The number of nitro groups is 1. The van der Waals surface area contributed by atoms with E-state index in [1.165, 1.54) is 18.2 Å². The number of hydrogen-bond donors (Lipinski definition) is 2. The molecule has 0 saturated carbocycles. The molecule has 1 fully saturated rings. The first-order valence-electron chi connectivity index (χ1n) is 4.48. The Labute approximate surface area is 102 Å². The molecule has 2 rings (SSSR count). The molecule has 8 heteroatoms. The topological polar surface area (TPSA) is 102 Å². The molecular formula is C9H9ClN2O5. The number of benzene rings is 1. The summed E-state index contributed by atoms with van der Waals surface area (Å²) in [6.07, 6.45) is -0.555. The van der Waals surface area contributed by atoms with Gasteiger partial charge in [0, 0.05) is 6.07 Å². The quantitative estimate of drug-likeness (QED) is 0.620. The van der Waals surface area contributed by atoms with Gasteiger partial charge in [0.05, 0.1) is 11.0 Å². The van der Waals surface area contributed by atoms with E-state index in [-0.39, 0.29) is 19.0 Å². The maximum absolute atomic E-state index is 10.8. The molecule has 17 heavy (non-hydrogen) atoms. The lowest BCUT2D eigenvalue weighted by Gasteiger charge is -2.07. The summed E-state index contributed by atoms with van der Waals surface area (Å²) in [5, 5.41) is 22.3. The fourth-order valence-electron chi connectivity index (χ4n) is 1.47. The number of aromatic hydroxyl groups is 1. The van der Waals surface area contributed by atoms with Crippen molar-refractivity contribution in [1.29, 1.82) is 0 Å². The molecule has 0 unspecified atom stereocenters. The number of amides is 1. The average molecular weight is 261 g/mol. The highest BCUT2D eigenvalue weighted by Crippen LogP contribution is 2.29. The highest BCUT2D eigenvalue weighted by atomic mass is 35.5. The van der Waals surface area contributed by atoms with Crippen LogP contribution in [-0.4, -0.2) is 22.7 Å². The molecule has 7 nitrogen and oxygen atoms in total. The molecule has 1 saturated heterocycles. The molecular weight excluding hydrogens is 252 g/mol. The molecule has 92 valence electrons. The summed E-state index contributed by atoms with van der Waals surface area (Å²) in [5.74, 6) is -0.404. The minimum atomic E-state index is -0.684. The van der Waals surface area contributed by atoms with Crippen LogP contribution in [0.5, 0.6) is 5.75 Å². The first-order valence-corrected chi connectivity index (χ1v) is 4.48. The van der Waals surface area contributed by atoms with Crippen LogP contribution < -0.4 is 5.32 Å². The molecule has 0 aliphatic carbocycles. The molecule has 0 bridgehead atoms. The molecule has 1 aliphatic rings. The van der Waals surface area contributed by atoms with Gasteiger partial charge in [0.2, 0.25) is 0 Å². The number of alkyl carbamates (subject to hydrolysis) is 1. The fourth-order valence-corrected chi connectivity index (χ4v) is 1.47. The first kappa shape index (κ1) is 13.0. The maximum atomic E-state index is 10.8. The van der Waals surface area contributed by atoms with Crippen molar-refractivity contribution in [2.45, 2.75) is 6.04 Å². The van der Waals surface area contributed by atoms with Gasteiger partial charge in [0.15, 0.2) is 5.75 Å². The normalized spacial score (nSPS) is 17.9. The average Bonchev–Trinajstić information content (AvgIpc) is 2.65. The number of carbonyl (C=O) groups excluding carboxylic acids is 1. The van der Waals surface area contributed by atoms with Crippen LogP contribution in [0.1, 0.15) is 11.6 Å². The van der Waals surface area contributed by atoms with Gasteiger partial charge in [0.25, 0.3) is 0 Å². The van der Waals surface area contributed by atoms with Gasteiger partial charge in [-0.25, -0.2) is 4.79 Å². The minimum Gasteiger partial charge on any atom is -0.502 e. The number of cyclic esters (lactones) is 1. The van der Waals surface area contributed by atoms with Gasteiger partial charge in [-0.3, -0.25) is 10.1 Å². The molecule has 1 aliphatic heterocycles. The zero-order chi connectivity index (χ0) is 11.7. The number of rotatable bonds is 2. The fraction of sp³-hybridized carbons (Fsp3) is 0.222. The second kappa shape index (κ2) is 4.88. The standard InChI is InChI=1S/C9H8N2O5.ClH/c12-8-2-1-5(3-7(8)11(14)15)6-4-16-9(13)10-6;/h1-3,6,12H,4H2,(H,10,13);1H/t6-;/m0./s1. The lowest BCUT2D eigenvalue weighted by Crippen LogP contribution is -2.18. The van der Waals surface area contributed by atoms with Crippen molar-refractivity contribution in [3.8, 4) is 5.75 Å². The number of halogens is 1. The summed E-state index contributed by atoms with van der Waals surface area (Å²) < 4.78 is 4.67. The maximum Gasteiger partial charge on any atom is 0.407 e. The second-order valence-corrected chi connectivity index (χ2v) is 3.30. The molecule has 2 N–H and O–H groups in total. The summed E-state index contributed by atoms with van der Waals surface area (Å²) in [5.41, 5.74) is 0.133. The third-order valence-electron chi connectivity index (χ3n) is 2.27. The van der Waals surface area contributed by atoms with E-state index in [9.17, 15) is 20.0 Å². The van der Waals surface area contributed by atoms with E-state index in [0.29, 0.717) is 5.56 Å². The summed E-state index contributed by atoms with van der Waals surface area (Å²) in [4.78, 5) is 20.7. The Morgan fingerprint density at radius 2 is 2.24 bits per heavy atom. The Hall–Kier alpha value is -2.02. The molecule has 1 aromatic rings. The Balaban J connectivity index is 0.00000144. The molecule has 1 aromatic carbocycles. The number of carbonyl (C=O) groups is 1. The summed E-state index contributed by atoms with van der Waals surface area (Å²) in [6, 6.07) is 3.53. The van der Waals surface area contributed by atoms with E-state index in [4.69, 9.17) is 0 Å². The van der Waals surface area contributed by atoms with Gasteiger partial charge in [-0.15, -0.1) is 12.4 Å². The number of hydrogen-bond acceptors (Lipinski definition) is 5. The van der Waals surface area contributed by atoms with Crippen molar-refractivity contribution in [3.05, 3.63) is 33.9 Å². The number of nitro benzene ring substituents is 1. The third kappa shape index (κ3) is 2.56. The first-order chi connectivity index (χ1) is 7.58. The predicted molar refractivity (Wildman–Crippen MR) is 59.2 cm³/mol. The third-order valence-corrected chi connectivity index (χ3v) is 2.27. The van der Waals surface area contributed by atoms with Gasteiger partial charge in [-0.05, 0) is 11.6 Å². The van der Waals surface area contributed by atoms with Crippen molar-refractivity contribution in [3.63, 3.8) is 0 Å². The molecule has 1 atom stereocenters. The monoisotopic (exact) mass is 260 g/mol. The highest BCUT2D eigenvalue weighted by molar-refractivity contribution is 5.85. The van der Waals surface area contributed by atoms with Crippen LogP contribution in [-0.2, 0) is 4.74 Å². The lowest BCUT2D eigenvalue weighted by atomic mass is 10.1. The highest BCUT2D eigenvalue weighted by Gasteiger charge is 2.26. The Bertz CT molecular complexity index is 465. The summed E-state index contributed by atoms with van der Waals surface area (Å²) in [6.45, 7) is 0.126. The van der Waals surface area contributed by atoms with Crippen molar-refractivity contribution in [1.82, 2.24) is 5.32 Å². The predicted octanol–water partition coefficient (Wildman–Crippen LogP) is 1.50. The smallest absolute Gasteiger partial charge is 0.407 e. The van der Waals surface area contributed by atoms with Crippen LogP contribution in [0.25, 0.3) is 0 Å². The second-order valence-electron chi connectivity index (χ2n) is 3.30. The Kier molecular flexibility index (Phi) is 3.74. The number of phenolic OH excluding ortho intramolecular Hbond substituents is 1. The van der Waals surface area contributed by atoms with Gasteiger partial charge >= 0.3 is 11.8 Å². The van der Waals surface area contributed by atoms with E-state index in [0.717, 1.165) is 0 Å². The van der Waals surface area contributed by atoms with Crippen molar-refractivity contribution >= 4 is 24.2 Å². The molecule has 0 radical (unpaired) electrons. The SMILES string of the molecule is Cl.O=C1N[C@H](c2ccc(O)c([N+](=O)[O-])c2)CO1. The molecule has 1 amide bonds. The zero-order valence-corrected chi connectivity index (χ0v) is 9.27. The molecule has 0 aromatic heterocycles. The van der Waals surface area contributed by atoms with Crippen LogP contribution in [0.2, 0.25) is 0 Å². The minimum absolute atomic E-state index is 0. The van der Waals surface area contributed by atoms with E-state index in [2.05, 4.69) is 10.1 Å². The number of ether oxygens (including phenoxy) is 1. The van der Waals surface area contributed by atoms with Gasteiger partial charge < -0.3 is 15.2 Å². The van der Waals surface area contributed by atoms with E-state index < -0.39 is 28.5 Å². The van der Waals surface area contributed by atoms with Crippen LogP contribution in [0.3, 0.4) is 0 Å². The number of phenols is 1. The Morgan fingerprint density at radius 1 is 1.53 bits per heavy atom. The van der Waals surface area contributed by atoms with Gasteiger partial charge in [-0.2, -0.15) is 0 Å². The largest absolute Gasteiger partial charge is 0.502 e. The lowest BCUT2D eigenvalue weighted by molar-refractivity contribution is -0.385. The van der Waals surface area contributed by atoms with Crippen LogP contribution in [0.4, 0.5) is 10.5 Å². The van der Waals surface area contributed by atoms with Crippen LogP contribution >= 0.6 is 12.4 Å². The Morgan fingerprint density at radius 3 is 2.76 bits per heavy atom. The number of nitrogens with one attached hydrogen (secondary N) is 1. The zero-order valence-electron chi connectivity index (χ0n) is 8.45. The summed E-state index contributed by atoms with van der Waals surface area (Å²) >= 11 is 0. The molecule has 0 spiro atoms. The number of nitrogens with zero attached hydrogens (tertiary/aromatic N) is 1.